The van der Waals surface area contributed by atoms with E-state index in [2.05, 4.69) is 34.1 Å². The highest BCUT2D eigenvalue weighted by Gasteiger charge is 2.06. The summed E-state index contributed by atoms with van der Waals surface area (Å²) < 4.78 is 10.4. The third kappa shape index (κ3) is 3.88. The fourth-order valence-electron chi connectivity index (χ4n) is 0.992. The standard InChI is InChI=1S/C10H18N4O2/c1-7(2)5-6-16-10-13-8(11-3)12-9(14-10)15-4/h7H,5-6H2,1-4H3,(H,11,12,13,14). The SMILES string of the molecule is CNc1nc(OC)nc(OCCC(C)C)n1. The van der Waals surface area contributed by atoms with E-state index >= 15 is 0 Å². The van der Waals surface area contributed by atoms with Gasteiger partial charge in [0.25, 0.3) is 0 Å². The summed E-state index contributed by atoms with van der Waals surface area (Å²) in [7, 11) is 3.24. The maximum Gasteiger partial charge on any atom is 0.324 e. The molecule has 6 nitrogen and oxygen atoms in total. The van der Waals surface area contributed by atoms with Crippen LogP contribution in [0, 0.1) is 5.92 Å². The van der Waals surface area contributed by atoms with Crippen molar-refractivity contribution in [2.45, 2.75) is 20.3 Å². The normalized spacial score (nSPS) is 10.3. The summed E-state index contributed by atoms with van der Waals surface area (Å²) in [4.78, 5) is 12.0. The molecule has 6 heteroatoms. The fourth-order valence-corrected chi connectivity index (χ4v) is 0.992. The van der Waals surface area contributed by atoms with Crippen LogP contribution in [-0.4, -0.2) is 35.7 Å². The van der Waals surface area contributed by atoms with E-state index in [1.165, 1.54) is 7.11 Å². The predicted molar refractivity (Wildman–Crippen MR) is 60.9 cm³/mol. The number of rotatable bonds is 6. The molecule has 1 N–H and O–H groups in total. The van der Waals surface area contributed by atoms with Crippen LogP contribution in [0.3, 0.4) is 0 Å². The minimum atomic E-state index is 0.249. The topological polar surface area (TPSA) is 69.2 Å². The van der Waals surface area contributed by atoms with Crippen LogP contribution >= 0.6 is 0 Å². The van der Waals surface area contributed by atoms with E-state index in [9.17, 15) is 0 Å². The molecule has 0 radical (unpaired) electrons. The molecule has 0 bridgehead atoms. The molecule has 90 valence electrons. The van der Waals surface area contributed by atoms with Crippen molar-refractivity contribution in [3.63, 3.8) is 0 Å². The lowest BCUT2D eigenvalue weighted by atomic mass is 10.1. The largest absolute Gasteiger partial charge is 0.467 e. The Morgan fingerprint density at radius 1 is 1.19 bits per heavy atom. The molecule has 0 aliphatic heterocycles. The average Bonchev–Trinajstić information content (AvgIpc) is 2.28. The van der Waals surface area contributed by atoms with Crippen LogP contribution in [-0.2, 0) is 0 Å². The lowest BCUT2D eigenvalue weighted by Gasteiger charge is -2.08. The van der Waals surface area contributed by atoms with Crippen molar-refractivity contribution in [1.29, 1.82) is 0 Å². The molecular weight excluding hydrogens is 208 g/mol. The van der Waals surface area contributed by atoms with Crippen molar-refractivity contribution in [2.75, 3.05) is 26.1 Å². The van der Waals surface area contributed by atoms with Crippen LogP contribution in [0.4, 0.5) is 5.95 Å². The number of methoxy groups -OCH3 is 1. The molecule has 0 unspecified atom stereocenters. The number of hydrogen-bond acceptors (Lipinski definition) is 6. The lowest BCUT2D eigenvalue weighted by Crippen LogP contribution is -2.08. The molecule has 0 aromatic carbocycles. The quantitative estimate of drug-likeness (QED) is 0.789. The van der Waals surface area contributed by atoms with E-state index in [0.29, 0.717) is 18.5 Å². The van der Waals surface area contributed by atoms with Crippen LogP contribution in [0.5, 0.6) is 12.0 Å². The monoisotopic (exact) mass is 226 g/mol. The maximum atomic E-state index is 5.42. The summed E-state index contributed by atoms with van der Waals surface area (Å²) in [5, 5.41) is 2.82. The molecule has 1 aromatic rings. The smallest absolute Gasteiger partial charge is 0.324 e. The van der Waals surface area contributed by atoms with Gasteiger partial charge in [-0.1, -0.05) is 13.8 Å². The molecule has 0 saturated heterocycles. The first-order valence-electron chi connectivity index (χ1n) is 5.26. The Morgan fingerprint density at radius 2 is 1.88 bits per heavy atom. The van der Waals surface area contributed by atoms with Gasteiger partial charge in [0.2, 0.25) is 5.95 Å². The van der Waals surface area contributed by atoms with Crippen LogP contribution in [0.1, 0.15) is 20.3 Å². The molecule has 0 aliphatic rings. The summed E-state index contributed by atoms with van der Waals surface area (Å²) in [6.07, 6.45) is 0.961. The second kappa shape index (κ2) is 6.09. The Morgan fingerprint density at radius 3 is 2.44 bits per heavy atom. The first-order chi connectivity index (χ1) is 7.65. The summed E-state index contributed by atoms with van der Waals surface area (Å²) >= 11 is 0. The maximum absolute atomic E-state index is 5.42. The molecule has 0 saturated carbocycles. The van der Waals surface area contributed by atoms with Gasteiger partial charge >= 0.3 is 12.0 Å². The Kier molecular flexibility index (Phi) is 4.75. The minimum absolute atomic E-state index is 0.249. The number of aromatic nitrogens is 3. The van der Waals surface area contributed by atoms with Gasteiger partial charge in [0.1, 0.15) is 0 Å². The number of anilines is 1. The third-order valence-corrected chi connectivity index (χ3v) is 1.93. The molecule has 0 atom stereocenters. The van der Waals surface area contributed by atoms with Crippen molar-refractivity contribution < 1.29 is 9.47 Å². The van der Waals surface area contributed by atoms with E-state index in [0.717, 1.165) is 6.42 Å². The predicted octanol–water partition coefficient (Wildman–Crippen LogP) is 1.35. The van der Waals surface area contributed by atoms with Crippen LogP contribution in [0.15, 0.2) is 0 Å². The minimum Gasteiger partial charge on any atom is -0.467 e. The van der Waals surface area contributed by atoms with Gasteiger partial charge in [0, 0.05) is 7.05 Å². The van der Waals surface area contributed by atoms with Gasteiger partial charge in [-0.05, 0) is 12.3 Å². The number of hydrogen-bond donors (Lipinski definition) is 1. The van der Waals surface area contributed by atoms with Crippen molar-refractivity contribution in [3.05, 3.63) is 0 Å². The molecule has 16 heavy (non-hydrogen) atoms. The lowest BCUT2D eigenvalue weighted by molar-refractivity contribution is 0.261. The summed E-state index contributed by atoms with van der Waals surface area (Å²) in [6, 6.07) is 0.538. The summed E-state index contributed by atoms with van der Waals surface area (Å²) in [5.74, 6) is 1.03. The van der Waals surface area contributed by atoms with Crippen LogP contribution < -0.4 is 14.8 Å². The van der Waals surface area contributed by atoms with E-state index in [4.69, 9.17) is 9.47 Å². The molecule has 1 rings (SSSR count). The van der Waals surface area contributed by atoms with Crippen LogP contribution in [0.2, 0.25) is 0 Å². The Bertz CT molecular complexity index is 308. The zero-order chi connectivity index (χ0) is 12.0. The third-order valence-electron chi connectivity index (χ3n) is 1.93. The average molecular weight is 226 g/mol. The summed E-state index contributed by atoms with van der Waals surface area (Å²) in [6.45, 7) is 4.86. The number of nitrogens with zero attached hydrogens (tertiary/aromatic N) is 3. The molecule has 1 aromatic heterocycles. The highest BCUT2D eigenvalue weighted by atomic mass is 16.5. The highest BCUT2D eigenvalue weighted by Crippen LogP contribution is 2.12. The molecule has 0 aliphatic carbocycles. The molecule has 0 fully saturated rings. The van der Waals surface area contributed by atoms with E-state index in [1.54, 1.807) is 7.05 Å². The van der Waals surface area contributed by atoms with Gasteiger partial charge < -0.3 is 14.8 Å². The van der Waals surface area contributed by atoms with Gasteiger partial charge in [-0.25, -0.2) is 0 Å². The van der Waals surface area contributed by atoms with E-state index < -0.39 is 0 Å². The van der Waals surface area contributed by atoms with Gasteiger partial charge in [0.15, 0.2) is 0 Å². The second-order valence-corrected chi connectivity index (χ2v) is 3.71. The zero-order valence-electron chi connectivity index (χ0n) is 10.1. The molecule has 1 heterocycles. The van der Waals surface area contributed by atoms with Crippen molar-refractivity contribution in [1.82, 2.24) is 15.0 Å². The Balaban J connectivity index is 2.64. The molecular formula is C10H18N4O2. The Labute approximate surface area is 95.4 Å². The number of ether oxygens (including phenoxy) is 2. The summed E-state index contributed by atoms with van der Waals surface area (Å²) in [5.41, 5.74) is 0. The number of nitrogens with one attached hydrogen (secondary N) is 1. The van der Waals surface area contributed by atoms with Gasteiger partial charge in [-0.15, -0.1) is 4.98 Å². The first kappa shape index (κ1) is 12.5. The first-order valence-corrected chi connectivity index (χ1v) is 5.26. The van der Waals surface area contributed by atoms with Crippen molar-refractivity contribution >= 4 is 5.95 Å². The van der Waals surface area contributed by atoms with Crippen LogP contribution in [0.25, 0.3) is 0 Å². The zero-order valence-corrected chi connectivity index (χ0v) is 10.1. The van der Waals surface area contributed by atoms with E-state index in [1.807, 2.05) is 0 Å². The van der Waals surface area contributed by atoms with Gasteiger partial charge in [-0.2, -0.15) is 9.97 Å². The highest BCUT2D eigenvalue weighted by molar-refractivity contribution is 5.26. The van der Waals surface area contributed by atoms with Crippen molar-refractivity contribution in [3.8, 4) is 12.0 Å². The fraction of sp³-hybridized carbons (Fsp3) is 0.700. The van der Waals surface area contributed by atoms with Gasteiger partial charge in [0.05, 0.1) is 13.7 Å². The van der Waals surface area contributed by atoms with Gasteiger partial charge in [-0.3, -0.25) is 0 Å². The van der Waals surface area contributed by atoms with E-state index in [-0.39, 0.29) is 12.0 Å². The molecule has 0 spiro atoms. The Hall–Kier alpha value is -1.59. The van der Waals surface area contributed by atoms with Crippen molar-refractivity contribution in [2.24, 2.45) is 5.92 Å². The molecule has 0 amide bonds. The second-order valence-electron chi connectivity index (χ2n) is 3.71.